The van der Waals surface area contributed by atoms with Gasteiger partial charge >= 0.3 is 0 Å². The van der Waals surface area contributed by atoms with Crippen molar-refractivity contribution in [3.8, 4) is 5.75 Å². The molecule has 1 atom stereocenters. The van der Waals surface area contributed by atoms with Crippen molar-refractivity contribution in [1.82, 2.24) is 10.2 Å². The molecule has 1 fully saturated rings. The number of rotatable bonds is 6. The fraction of sp³-hybridized carbons (Fsp3) is 0.364. The van der Waals surface area contributed by atoms with Crippen LogP contribution in [0.3, 0.4) is 0 Å². The van der Waals surface area contributed by atoms with Gasteiger partial charge in [0.25, 0.3) is 11.8 Å². The summed E-state index contributed by atoms with van der Waals surface area (Å²) in [7, 11) is 4.87. The van der Waals surface area contributed by atoms with E-state index in [9.17, 15) is 9.59 Å². The van der Waals surface area contributed by atoms with Crippen molar-refractivity contribution >= 4 is 17.5 Å². The van der Waals surface area contributed by atoms with Crippen LogP contribution in [0.25, 0.3) is 0 Å². The maximum atomic E-state index is 12.6. The number of hydrogen-bond donors (Lipinski definition) is 2. The van der Waals surface area contributed by atoms with Crippen molar-refractivity contribution in [2.24, 2.45) is 5.92 Å². The number of ether oxygens (including phenoxy) is 1. The minimum absolute atomic E-state index is 0.182. The second-order valence-corrected chi connectivity index (χ2v) is 7.33. The molecule has 148 valence electrons. The number of anilines is 1. The average Bonchev–Trinajstić information content (AvgIpc) is 3.20. The fourth-order valence-electron chi connectivity index (χ4n) is 3.41. The quantitative estimate of drug-likeness (QED) is 0.807. The van der Waals surface area contributed by atoms with Gasteiger partial charge in [0.1, 0.15) is 5.75 Å². The van der Waals surface area contributed by atoms with Gasteiger partial charge in [-0.15, -0.1) is 0 Å². The van der Waals surface area contributed by atoms with Gasteiger partial charge in [0.15, 0.2) is 0 Å². The summed E-state index contributed by atoms with van der Waals surface area (Å²) in [6, 6.07) is 12.8. The van der Waals surface area contributed by atoms with Crippen LogP contribution in [-0.2, 0) is 6.42 Å². The number of nitrogens with one attached hydrogen (secondary N) is 2. The Labute approximate surface area is 165 Å². The van der Waals surface area contributed by atoms with E-state index in [2.05, 4.69) is 10.6 Å². The summed E-state index contributed by atoms with van der Waals surface area (Å²) in [5.41, 5.74) is 2.79. The summed E-state index contributed by atoms with van der Waals surface area (Å²) in [5, 5.41) is 6.24. The van der Waals surface area contributed by atoms with Crippen LogP contribution in [0.5, 0.6) is 5.75 Å². The van der Waals surface area contributed by atoms with Crippen LogP contribution in [0.4, 0.5) is 5.69 Å². The maximum Gasteiger partial charge on any atom is 0.257 e. The third-order valence-electron chi connectivity index (χ3n) is 5.00. The number of amides is 2. The number of benzene rings is 2. The molecule has 0 saturated carbocycles. The summed E-state index contributed by atoms with van der Waals surface area (Å²) in [6.07, 6.45) is 2.23. The average molecular weight is 381 g/mol. The zero-order valence-electron chi connectivity index (χ0n) is 16.6. The molecule has 6 heteroatoms. The Kier molecular flexibility index (Phi) is 6.31. The minimum atomic E-state index is -0.206. The molecule has 1 aliphatic rings. The molecule has 0 radical (unpaired) electrons. The first kappa shape index (κ1) is 19.9. The van der Waals surface area contributed by atoms with Crippen molar-refractivity contribution in [1.29, 1.82) is 0 Å². The predicted octanol–water partition coefficient (Wildman–Crippen LogP) is 2.80. The molecule has 1 unspecified atom stereocenters. The zero-order chi connectivity index (χ0) is 20.1. The molecular formula is C22H27N3O3. The third kappa shape index (κ3) is 4.70. The van der Waals surface area contributed by atoms with Gasteiger partial charge in [-0.05, 0) is 67.7 Å². The van der Waals surface area contributed by atoms with Crippen LogP contribution in [0, 0.1) is 5.92 Å². The van der Waals surface area contributed by atoms with Crippen LogP contribution in [0.2, 0.25) is 0 Å². The van der Waals surface area contributed by atoms with E-state index in [-0.39, 0.29) is 11.8 Å². The van der Waals surface area contributed by atoms with Crippen LogP contribution >= 0.6 is 0 Å². The van der Waals surface area contributed by atoms with Crippen molar-refractivity contribution in [2.75, 3.05) is 39.6 Å². The molecule has 0 aromatic heterocycles. The van der Waals surface area contributed by atoms with Crippen molar-refractivity contribution in [3.63, 3.8) is 0 Å². The van der Waals surface area contributed by atoms with E-state index in [1.807, 2.05) is 24.3 Å². The number of hydrogen-bond acceptors (Lipinski definition) is 4. The van der Waals surface area contributed by atoms with Gasteiger partial charge in [-0.1, -0.05) is 12.1 Å². The lowest BCUT2D eigenvalue weighted by Gasteiger charge is -2.15. The topological polar surface area (TPSA) is 70.7 Å². The Morgan fingerprint density at radius 2 is 1.93 bits per heavy atom. The van der Waals surface area contributed by atoms with Gasteiger partial charge in [0.2, 0.25) is 0 Å². The first-order valence-electron chi connectivity index (χ1n) is 9.48. The van der Waals surface area contributed by atoms with Gasteiger partial charge in [0, 0.05) is 25.3 Å². The Bertz CT molecular complexity index is 841. The normalized spacial score (nSPS) is 15.9. The molecule has 1 heterocycles. The molecule has 0 aliphatic carbocycles. The summed E-state index contributed by atoms with van der Waals surface area (Å²) >= 11 is 0. The van der Waals surface area contributed by atoms with Crippen molar-refractivity contribution in [3.05, 3.63) is 59.2 Å². The highest BCUT2D eigenvalue weighted by Crippen LogP contribution is 2.24. The molecule has 28 heavy (non-hydrogen) atoms. The van der Waals surface area contributed by atoms with Gasteiger partial charge in [-0.3, -0.25) is 9.59 Å². The summed E-state index contributed by atoms with van der Waals surface area (Å²) in [4.78, 5) is 26.4. The molecule has 6 nitrogen and oxygen atoms in total. The van der Waals surface area contributed by atoms with Crippen LogP contribution in [0.1, 0.15) is 32.7 Å². The Hall–Kier alpha value is -2.86. The Morgan fingerprint density at radius 1 is 1.18 bits per heavy atom. The van der Waals surface area contributed by atoms with E-state index in [1.165, 1.54) is 24.0 Å². The second-order valence-electron chi connectivity index (χ2n) is 7.33. The zero-order valence-corrected chi connectivity index (χ0v) is 16.6. The maximum absolute atomic E-state index is 12.6. The predicted molar refractivity (Wildman–Crippen MR) is 110 cm³/mol. The van der Waals surface area contributed by atoms with Crippen molar-refractivity contribution < 1.29 is 14.3 Å². The summed E-state index contributed by atoms with van der Waals surface area (Å²) in [6.45, 7) is 2.15. The van der Waals surface area contributed by atoms with Gasteiger partial charge in [0.05, 0.1) is 12.7 Å². The highest BCUT2D eigenvalue weighted by atomic mass is 16.5. The summed E-state index contributed by atoms with van der Waals surface area (Å²) < 4.78 is 5.26. The number of carbonyl (C=O) groups is 2. The molecular weight excluding hydrogens is 354 g/mol. The fourth-order valence-corrected chi connectivity index (χ4v) is 3.41. The smallest absolute Gasteiger partial charge is 0.257 e. The van der Waals surface area contributed by atoms with Crippen LogP contribution in [0.15, 0.2) is 42.5 Å². The van der Waals surface area contributed by atoms with Crippen LogP contribution in [-0.4, -0.2) is 51.0 Å². The Balaban J connectivity index is 1.70. The standard InChI is InChI=1S/C22H27N3O3/c1-25(2)22(27)19-13-18(8-9-20(19)28-3)24-21(26)17-6-4-15(5-7-17)12-16-10-11-23-14-16/h4-9,13,16,23H,10-12,14H2,1-3H3,(H,24,26). The molecule has 0 spiro atoms. The first-order chi connectivity index (χ1) is 13.5. The second kappa shape index (κ2) is 8.89. The Morgan fingerprint density at radius 3 is 2.54 bits per heavy atom. The van der Waals surface area contributed by atoms with E-state index < -0.39 is 0 Å². The lowest BCUT2D eigenvalue weighted by Crippen LogP contribution is -2.22. The highest BCUT2D eigenvalue weighted by molar-refractivity contribution is 6.05. The molecule has 1 saturated heterocycles. The lowest BCUT2D eigenvalue weighted by molar-refractivity contribution is 0.0824. The van der Waals surface area contributed by atoms with E-state index in [0.717, 1.165) is 19.5 Å². The highest BCUT2D eigenvalue weighted by Gasteiger charge is 2.17. The van der Waals surface area contributed by atoms with Gasteiger partial charge in [-0.2, -0.15) is 0 Å². The molecule has 0 bridgehead atoms. The van der Waals surface area contributed by atoms with E-state index >= 15 is 0 Å². The van der Waals surface area contributed by atoms with E-state index in [4.69, 9.17) is 4.74 Å². The largest absolute Gasteiger partial charge is 0.496 e. The monoisotopic (exact) mass is 381 g/mol. The molecule has 3 rings (SSSR count). The number of carbonyl (C=O) groups excluding carboxylic acids is 2. The number of nitrogens with zero attached hydrogens (tertiary/aromatic N) is 1. The minimum Gasteiger partial charge on any atom is -0.496 e. The molecule has 2 aromatic rings. The number of methoxy groups -OCH3 is 1. The van der Waals surface area contributed by atoms with Crippen LogP contribution < -0.4 is 15.4 Å². The van der Waals surface area contributed by atoms with Gasteiger partial charge in [-0.25, -0.2) is 0 Å². The van der Waals surface area contributed by atoms with Crippen molar-refractivity contribution in [2.45, 2.75) is 12.8 Å². The van der Waals surface area contributed by atoms with E-state index in [1.54, 1.807) is 32.3 Å². The summed E-state index contributed by atoms with van der Waals surface area (Å²) in [5.74, 6) is 0.760. The molecule has 2 aromatic carbocycles. The SMILES string of the molecule is COc1ccc(NC(=O)c2ccc(CC3CCNC3)cc2)cc1C(=O)N(C)C. The first-order valence-corrected chi connectivity index (χ1v) is 9.48. The van der Waals surface area contributed by atoms with Gasteiger partial charge < -0.3 is 20.3 Å². The molecule has 2 N–H and O–H groups in total. The molecule has 2 amide bonds. The van der Waals surface area contributed by atoms with E-state index in [0.29, 0.717) is 28.5 Å². The molecule has 1 aliphatic heterocycles. The third-order valence-corrected chi connectivity index (χ3v) is 5.00. The lowest BCUT2D eigenvalue weighted by atomic mass is 9.98.